The average molecular weight is 704 g/mol. The van der Waals surface area contributed by atoms with Crippen molar-refractivity contribution in [2.24, 2.45) is 0 Å². The number of carboxylic acid groups (broad SMARTS) is 1. The van der Waals surface area contributed by atoms with Gasteiger partial charge in [-0.2, -0.15) is 15.0 Å². The molecule has 268 valence electrons. The maximum atomic E-state index is 12.7. The molecule has 0 aliphatic carbocycles. The van der Waals surface area contributed by atoms with Crippen molar-refractivity contribution in [3.63, 3.8) is 0 Å². The molecule has 1 heterocycles. The van der Waals surface area contributed by atoms with Gasteiger partial charge in [0.15, 0.2) is 5.78 Å². The third-order valence-electron chi connectivity index (χ3n) is 7.68. The maximum Gasteiger partial charge on any atom is 0.335 e. The van der Waals surface area contributed by atoms with Crippen molar-refractivity contribution < 1.29 is 29.0 Å². The molecule has 5 N–H and O–H groups in total. The van der Waals surface area contributed by atoms with Gasteiger partial charge in [0.2, 0.25) is 17.8 Å². The lowest BCUT2D eigenvalue weighted by Gasteiger charge is -2.12. The first kappa shape index (κ1) is 37.1. The molecule has 13 heteroatoms. The Morgan fingerprint density at radius 2 is 1.17 bits per heavy atom. The number of carbonyl (C=O) groups excluding carboxylic acids is 2. The van der Waals surface area contributed by atoms with Crippen LogP contribution in [0.5, 0.6) is 0 Å². The van der Waals surface area contributed by atoms with Crippen molar-refractivity contribution in [1.29, 1.82) is 0 Å². The number of anilines is 4. The molecule has 0 atom stereocenters. The van der Waals surface area contributed by atoms with Crippen LogP contribution in [-0.4, -0.2) is 70.7 Å². The third-order valence-corrected chi connectivity index (χ3v) is 7.68. The average Bonchev–Trinajstić information content (AvgIpc) is 3.18. The SMILES string of the molecule is O=C(O)c1ccc(CNc2nc(NCCOCCOCCCC(=O)c3ccccc3)nc(Nc3ccc(C(=O)NCc4ccccc4)cc3)n2)cc1. The number of carboxylic acids is 1. The fraction of sp³-hybridized carbons (Fsp3) is 0.231. The van der Waals surface area contributed by atoms with Gasteiger partial charge in [0, 0.05) is 49.5 Å². The molecule has 5 rings (SSSR count). The number of aromatic nitrogens is 3. The second kappa shape index (κ2) is 19.9. The van der Waals surface area contributed by atoms with Crippen molar-refractivity contribution >= 4 is 41.2 Å². The second-order valence-corrected chi connectivity index (χ2v) is 11.6. The molecular weight excluding hydrogens is 662 g/mol. The van der Waals surface area contributed by atoms with E-state index >= 15 is 0 Å². The first-order valence-electron chi connectivity index (χ1n) is 16.9. The second-order valence-electron chi connectivity index (χ2n) is 11.6. The molecule has 13 nitrogen and oxygen atoms in total. The summed E-state index contributed by atoms with van der Waals surface area (Å²) in [5.41, 5.74) is 3.94. The molecule has 0 aliphatic heterocycles. The first-order valence-corrected chi connectivity index (χ1v) is 16.9. The normalized spacial score (nSPS) is 10.7. The largest absolute Gasteiger partial charge is 0.478 e. The number of rotatable bonds is 21. The molecule has 52 heavy (non-hydrogen) atoms. The van der Waals surface area contributed by atoms with Gasteiger partial charge in [-0.25, -0.2) is 4.79 Å². The molecule has 0 saturated carbocycles. The first-order chi connectivity index (χ1) is 25.4. The molecule has 0 radical (unpaired) electrons. The van der Waals surface area contributed by atoms with Gasteiger partial charge in [0.05, 0.1) is 25.4 Å². The summed E-state index contributed by atoms with van der Waals surface area (Å²) in [6, 6.07) is 32.4. The van der Waals surface area contributed by atoms with E-state index in [1.807, 2.05) is 60.7 Å². The van der Waals surface area contributed by atoms with Crippen LogP contribution >= 0.6 is 0 Å². The van der Waals surface area contributed by atoms with Gasteiger partial charge in [-0.05, 0) is 53.9 Å². The quantitative estimate of drug-likeness (QED) is 0.0448. The highest BCUT2D eigenvalue weighted by Crippen LogP contribution is 2.18. The van der Waals surface area contributed by atoms with Crippen LogP contribution in [0.15, 0.2) is 109 Å². The number of nitrogens with zero attached hydrogens (tertiary/aromatic N) is 3. The van der Waals surface area contributed by atoms with E-state index in [9.17, 15) is 19.5 Å². The summed E-state index contributed by atoms with van der Waals surface area (Å²) in [5, 5.41) is 21.6. The van der Waals surface area contributed by atoms with Gasteiger partial charge < -0.3 is 35.8 Å². The number of aromatic carboxylic acids is 1. The molecule has 0 aliphatic rings. The molecule has 1 amide bonds. The zero-order valence-electron chi connectivity index (χ0n) is 28.6. The topological polar surface area (TPSA) is 177 Å². The Hall–Kier alpha value is -6.18. The maximum absolute atomic E-state index is 12.7. The van der Waals surface area contributed by atoms with E-state index in [1.54, 1.807) is 36.4 Å². The van der Waals surface area contributed by atoms with Crippen molar-refractivity contribution in [3.05, 3.63) is 137 Å². The number of nitrogens with one attached hydrogen (secondary N) is 4. The van der Waals surface area contributed by atoms with E-state index < -0.39 is 5.97 Å². The van der Waals surface area contributed by atoms with Crippen LogP contribution in [0, 0.1) is 0 Å². The van der Waals surface area contributed by atoms with Crippen LogP contribution < -0.4 is 21.3 Å². The van der Waals surface area contributed by atoms with Gasteiger partial charge in [-0.15, -0.1) is 0 Å². The fourth-order valence-corrected chi connectivity index (χ4v) is 4.91. The molecule has 4 aromatic carbocycles. The summed E-state index contributed by atoms with van der Waals surface area (Å²) in [4.78, 5) is 49.6. The summed E-state index contributed by atoms with van der Waals surface area (Å²) in [7, 11) is 0. The minimum absolute atomic E-state index is 0.105. The zero-order chi connectivity index (χ0) is 36.4. The monoisotopic (exact) mass is 703 g/mol. The minimum atomic E-state index is -0.993. The van der Waals surface area contributed by atoms with Gasteiger partial charge in [-0.3, -0.25) is 9.59 Å². The lowest BCUT2D eigenvalue weighted by atomic mass is 10.1. The number of benzene rings is 4. The summed E-state index contributed by atoms with van der Waals surface area (Å²) >= 11 is 0. The zero-order valence-corrected chi connectivity index (χ0v) is 28.6. The van der Waals surface area contributed by atoms with Crippen LogP contribution in [0.2, 0.25) is 0 Å². The minimum Gasteiger partial charge on any atom is -0.478 e. The Bertz CT molecular complexity index is 1880. The molecule has 0 fully saturated rings. The summed E-state index contributed by atoms with van der Waals surface area (Å²) < 4.78 is 11.3. The fourth-order valence-electron chi connectivity index (χ4n) is 4.91. The number of ketones is 1. The van der Waals surface area contributed by atoms with E-state index in [4.69, 9.17) is 9.47 Å². The van der Waals surface area contributed by atoms with E-state index in [1.165, 1.54) is 12.1 Å². The lowest BCUT2D eigenvalue weighted by Crippen LogP contribution is -2.22. The predicted molar refractivity (Wildman–Crippen MR) is 198 cm³/mol. The van der Waals surface area contributed by atoms with Crippen molar-refractivity contribution in [3.8, 4) is 0 Å². The summed E-state index contributed by atoms with van der Waals surface area (Å²) in [6.07, 6.45) is 1.08. The highest BCUT2D eigenvalue weighted by Gasteiger charge is 2.10. The van der Waals surface area contributed by atoms with E-state index in [0.717, 1.165) is 11.1 Å². The number of hydrogen-bond donors (Lipinski definition) is 5. The number of carbonyl (C=O) groups is 3. The molecule has 5 aromatic rings. The van der Waals surface area contributed by atoms with Gasteiger partial charge in [-0.1, -0.05) is 72.8 Å². The van der Waals surface area contributed by atoms with Gasteiger partial charge in [0.25, 0.3) is 5.91 Å². The number of hydrogen-bond acceptors (Lipinski definition) is 11. The number of ether oxygens (including phenoxy) is 2. The van der Waals surface area contributed by atoms with Crippen LogP contribution in [0.4, 0.5) is 23.5 Å². The highest BCUT2D eigenvalue weighted by molar-refractivity contribution is 5.96. The summed E-state index contributed by atoms with van der Waals surface area (Å²) in [6.45, 7) is 2.84. The molecular formula is C39H41N7O6. The molecule has 0 bridgehead atoms. The van der Waals surface area contributed by atoms with E-state index in [-0.39, 0.29) is 23.2 Å². The Morgan fingerprint density at radius 3 is 1.87 bits per heavy atom. The highest BCUT2D eigenvalue weighted by atomic mass is 16.5. The van der Waals surface area contributed by atoms with Crippen LogP contribution in [0.3, 0.4) is 0 Å². The smallest absolute Gasteiger partial charge is 0.335 e. The number of amides is 1. The predicted octanol–water partition coefficient (Wildman–Crippen LogP) is 5.96. The Labute approximate surface area is 301 Å². The Balaban J connectivity index is 1.10. The van der Waals surface area contributed by atoms with Gasteiger partial charge >= 0.3 is 5.97 Å². The van der Waals surface area contributed by atoms with E-state index in [2.05, 4.69) is 36.2 Å². The van der Waals surface area contributed by atoms with Crippen molar-refractivity contribution in [2.45, 2.75) is 25.9 Å². The van der Waals surface area contributed by atoms with Crippen LogP contribution in [0.25, 0.3) is 0 Å². The third kappa shape index (κ3) is 12.3. The van der Waals surface area contributed by atoms with Crippen LogP contribution in [0.1, 0.15) is 55.0 Å². The molecule has 0 saturated heterocycles. The lowest BCUT2D eigenvalue weighted by molar-refractivity contribution is 0.0497. The molecule has 1 aromatic heterocycles. The van der Waals surface area contributed by atoms with E-state index in [0.29, 0.717) is 87.6 Å². The molecule has 0 spiro atoms. The Kier molecular flexibility index (Phi) is 14.2. The van der Waals surface area contributed by atoms with Gasteiger partial charge in [0.1, 0.15) is 0 Å². The molecule has 0 unspecified atom stereocenters. The standard InChI is InChI=1S/C39H41N7O6/c47-34(30-10-5-2-6-11-30)12-7-22-51-24-25-52-23-21-40-37-44-38(42-27-29-13-15-32(16-14-29)36(49)50)46-39(45-37)43-33-19-17-31(18-20-33)35(48)41-26-28-8-3-1-4-9-28/h1-6,8-11,13-20H,7,12,21-27H2,(H,41,48)(H,49,50)(H3,40,42,43,44,45,46). The van der Waals surface area contributed by atoms with Crippen LogP contribution in [-0.2, 0) is 22.6 Å². The van der Waals surface area contributed by atoms with Crippen molar-refractivity contribution in [2.75, 3.05) is 48.9 Å². The summed E-state index contributed by atoms with van der Waals surface area (Å²) in [5.74, 6) is -0.210. The Morgan fingerprint density at radius 1 is 0.577 bits per heavy atom. The van der Waals surface area contributed by atoms with Crippen molar-refractivity contribution in [1.82, 2.24) is 20.3 Å². The number of Topliss-reactive ketones (excluding diaryl/α,β-unsaturated/α-hetero) is 1.